The molecule has 3 N–H and O–H groups in total. The maximum atomic E-state index is 12.1. The molecule has 2 rings (SSSR count). The second kappa shape index (κ2) is 7.40. The highest BCUT2D eigenvalue weighted by Crippen LogP contribution is 2.31. The van der Waals surface area contributed by atoms with Gasteiger partial charge in [0.2, 0.25) is 11.7 Å². The summed E-state index contributed by atoms with van der Waals surface area (Å²) in [5.41, 5.74) is -0.0351. The number of Topliss-reactive ketones (excluding diaryl/α,β-unsaturated/α-hetero) is 1. The number of carboxylic acids is 1. The number of alkyl halides is 3. The predicted octanol–water partition coefficient (Wildman–Crippen LogP) is 0.388. The number of ketones is 1. The van der Waals surface area contributed by atoms with Gasteiger partial charge in [0.15, 0.2) is 0 Å². The molecular weight excluding hydrogens is 346 g/mol. The zero-order chi connectivity index (χ0) is 18.8. The SMILES string of the molecule is O=C(CCC(=O)C(F)(F)F)N[C@H]1CC2C=CC=C(C(=O)O)[C@H]2OB1O. The molecule has 1 saturated heterocycles. The Hall–Kier alpha value is -2.14. The largest absolute Gasteiger partial charge is 0.478 e. The van der Waals surface area contributed by atoms with Crippen molar-refractivity contribution < 1.29 is 42.3 Å². The standard InChI is InChI=1S/C14H15BF3NO6/c16-14(17,18)9(20)4-5-11(21)19-10-6-7-2-1-3-8(13(22)23)12(7)25-15(10)24/h1-3,7,10,12,24H,4-6H2,(H,19,21)(H,22,23)/t7?,10-,12-/m0/s1. The lowest BCUT2D eigenvalue weighted by Crippen LogP contribution is -2.56. The summed E-state index contributed by atoms with van der Waals surface area (Å²) in [6.45, 7) is 0. The summed E-state index contributed by atoms with van der Waals surface area (Å²) in [7, 11) is -1.52. The molecule has 1 aliphatic carbocycles. The van der Waals surface area contributed by atoms with E-state index >= 15 is 0 Å². The van der Waals surface area contributed by atoms with Gasteiger partial charge >= 0.3 is 19.3 Å². The van der Waals surface area contributed by atoms with Crippen LogP contribution in [0.15, 0.2) is 23.8 Å². The number of fused-ring (bicyclic) bond motifs is 1. The zero-order valence-corrected chi connectivity index (χ0v) is 12.8. The van der Waals surface area contributed by atoms with Crippen molar-refractivity contribution in [3.63, 3.8) is 0 Å². The fourth-order valence-corrected chi connectivity index (χ4v) is 2.73. The van der Waals surface area contributed by atoms with Crippen molar-refractivity contribution in [3.8, 4) is 0 Å². The van der Waals surface area contributed by atoms with Gasteiger partial charge in [-0.25, -0.2) is 4.79 Å². The first kappa shape index (κ1) is 19.2. The number of carbonyl (C=O) groups excluding carboxylic acids is 2. The highest BCUT2D eigenvalue weighted by Gasteiger charge is 2.44. The van der Waals surface area contributed by atoms with Crippen molar-refractivity contribution in [2.75, 3.05) is 0 Å². The molecule has 11 heteroatoms. The number of rotatable bonds is 5. The highest BCUT2D eigenvalue weighted by molar-refractivity contribution is 6.45. The predicted molar refractivity (Wildman–Crippen MR) is 78.0 cm³/mol. The fraction of sp³-hybridized carbons (Fsp3) is 0.500. The number of amides is 1. The first-order valence-electron chi connectivity index (χ1n) is 7.44. The van der Waals surface area contributed by atoms with Crippen LogP contribution in [0, 0.1) is 5.92 Å². The van der Waals surface area contributed by atoms with Crippen molar-refractivity contribution in [3.05, 3.63) is 23.8 Å². The molecule has 0 aromatic carbocycles. The van der Waals surface area contributed by atoms with E-state index < -0.39 is 61.8 Å². The number of carbonyl (C=O) groups is 3. The summed E-state index contributed by atoms with van der Waals surface area (Å²) in [6.07, 6.45) is -2.86. The van der Waals surface area contributed by atoms with Crippen LogP contribution in [0.2, 0.25) is 0 Å². The highest BCUT2D eigenvalue weighted by atomic mass is 19.4. The number of hydrogen-bond donors (Lipinski definition) is 3. The van der Waals surface area contributed by atoms with E-state index in [1.807, 2.05) is 0 Å². The lowest BCUT2D eigenvalue weighted by Gasteiger charge is -2.38. The number of halogens is 3. The zero-order valence-electron chi connectivity index (χ0n) is 12.8. The lowest BCUT2D eigenvalue weighted by atomic mass is 9.67. The molecule has 1 heterocycles. The van der Waals surface area contributed by atoms with E-state index in [1.54, 1.807) is 6.08 Å². The average molecular weight is 361 g/mol. The molecule has 1 aliphatic heterocycles. The third-order valence-corrected chi connectivity index (χ3v) is 3.97. The molecule has 1 fully saturated rings. The third kappa shape index (κ3) is 4.70. The molecule has 0 spiro atoms. The minimum atomic E-state index is -4.99. The smallest absolute Gasteiger partial charge is 0.478 e. The van der Waals surface area contributed by atoms with Crippen LogP contribution in [-0.2, 0) is 19.0 Å². The molecule has 0 aromatic rings. The molecule has 0 aromatic heterocycles. The second-order valence-electron chi connectivity index (χ2n) is 5.75. The Morgan fingerprint density at radius 3 is 2.60 bits per heavy atom. The molecule has 136 valence electrons. The molecule has 0 radical (unpaired) electrons. The van der Waals surface area contributed by atoms with Gasteiger partial charge in [0, 0.05) is 18.8 Å². The van der Waals surface area contributed by atoms with Crippen molar-refractivity contribution in [1.29, 1.82) is 0 Å². The summed E-state index contributed by atoms with van der Waals surface area (Å²) >= 11 is 0. The molecule has 3 atom stereocenters. The van der Waals surface area contributed by atoms with Crippen LogP contribution in [0.1, 0.15) is 19.3 Å². The van der Waals surface area contributed by atoms with E-state index in [-0.39, 0.29) is 12.0 Å². The van der Waals surface area contributed by atoms with Crippen molar-refractivity contribution in [1.82, 2.24) is 5.32 Å². The number of hydrogen-bond acceptors (Lipinski definition) is 5. The van der Waals surface area contributed by atoms with Crippen LogP contribution in [-0.4, -0.2) is 53.1 Å². The van der Waals surface area contributed by atoms with E-state index in [0.29, 0.717) is 0 Å². The Kier molecular flexibility index (Phi) is 5.68. The Morgan fingerprint density at radius 2 is 2.00 bits per heavy atom. The van der Waals surface area contributed by atoms with E-state index in [0.717, 1.165) is 0 Å². The van der Waals surface area contributed by atoms with Gasteiger partial charge < -0.3 is 20.1 Å². The summed E-state index contributed by atoms with van der Waals surface area (Å²) in [6, 6.07) is 0. The van der Waals surface area contributed by atoms with Crippen molar-refractivity contribution >= 4 is 24.8 Å². The summed E-state index contributed by atoms with van der Waals surface area (Å²) in [5.74, 6) is -5.37. The van der Waals surface area contributed by atoms with E-state index in [1.165, 1.54) is 12.2 Å². The van der Waals surface area contributed by atoms with Crippen LogP contribution in [0.5, 0.6) is 0 Å². The van der Waals surface area contributed by atoms with Gasteiger partial charge in [-0.2, -0.15) is 13.2 Å². The fourth-order valence-electron chi connectivity index (χ4n) is 2.73. The molecule has 2 aliphatic rings. The second-order valence-corrected chi connectivity index (χ2v) is 5.75. The van der Waals surface area contributed by atoms with Crippen LogP contribution >= 0.6 is 0 Å². The molecule has 1 amide bonds. The van der Waals surface area contributed by atoms with Gasteiger partial charge in [-0.15, -0.1) is 0 Å². The average Bonchev–Trinajstić information content (AvgIpc) is 2.51. The molecule has 25 heavy (non-hydrogen) atoms. The minimum absolute atomic E-state index is 0.0351. The van der Waals surface area contributed by atoms with Gasteiger partial charge in [0.1, 0.15) is 0 Å². The third-order valence-electron chi connectivity index (χ3n) is 3.97. The van der Waals surface area contributed by atoms with Crippen LogP contribution < -0.4 is 5.32 Å². The maximum absolute atomic E-state index is 12.1. The maximum Gasteiger partial charge on any atom is 0.478 e. The Bertz CT molecular complexity index is 633. The number of aliphatic carboxylic acids is 1. The molecule has 1 unspecified atom stereocenters. The molecule has 0 bridgehead atoms. The van der Waals surface area contributed by atoms with Crippen LogP contribution in [0.4, 0.5) is 13.2 Å². The van der Waals surface area contributed by atoms with Crippen molar-refractivity contribution in [2.45, 2.75) is 37.5 Å². The Labute approximate surface area is 140 Å². The van der Waals surface area contributed by atoms with Crippen molar-refractivity contribution in [2.24, 2.45) is 5.92 Å². The summed E-state index contributed by atoms with van der Waals surface area (Å²) in [5, 5.41) is 21.4. The van der Waals surface area contributed by atoms with Crippen LogP contribution in [0.25, 0.3) is 0 Å². The van der Waals surface area contributed by atoms with Crippen LogP contribution in [0.3, 0.4) is 0 Å². The summed E-state index contributed by atoms with van der Waals surface area (Å²) < 4.78 is 41.6. The number of carboxylic acid groups (broad SMARTS) is 1. The minimum Gasteiger partial charge on any atom is -0.478 e. The van der Waals surface area contributed by atoms with Gasteiger partial charge in [-0.3, -0.25) is 9.59 Å². The number of nitrogens with one attached hydrogen (secondary N) is 1. The number of allylic oxidation sites excluding steroid dienone is 2. The molecular formula is C14H15BF3NO6. The Balaban J connectivity index is 1.91. The molecule has 7 nitrogen and oxygen atoms in total. The first-order valence-corrected chi connectivity index (χ1v) is 7.44. The van der Waals surface area contributed by atoms with E-state index in [9.17, 15) is 32.6 Å². The van der Waals surface area contributed by atoms with E-state index in [2.05, 4.69) is 5.32 Å². The monoisotopic (exact) mass is 361 g/mol. The lowest BCUT2D eigenvalue weighted by molar-refractivity contribution is -0.171. The molecule has 0 saturated carbocycles. The normalized spacial score (nSPS) is 25.8. The van der Waals surface area contributed by atoms with Gasteiger partial charge in [0.05, 0.1) is 17.6 Å². The summed E-state index contributed by atoms with van der Waals surface area (Å²) in [4.78, 5) is 33.6. The topological polar surface area (TPSA) is 113 Å². The Morgan fingerprint density at radius 1 is 1.32 bits per heavy atom. The van der Waals surface area contributed by atoms with Gasteiger partial charge in [-0.1, -0.05) is 12.2 Å². The quantitative estimate of drug-likeness (QED) is 0.611. The van der Waals surface area contributed by atoms with Gasteiger partial charge in [0.25, 0.3) is 0 Å². The van der Waals surface area contributed by atoms with Gasteiger partial charge in [-0.05, 0) is 12.5 Å². The first-order chi connectivity index (χ1) is 11.6. The van der Waals surface area contributed by atoms with E-state index in [4.69, 9.17) is 9.76 Å².